The van der Waals surface area contributed by atoms with Gasteiger partial charge in [-0.1, -0.05) is 65.3 Å². The summed E-state index contributed by atoms with van der Waals surface area (Å²) in [5.74, 6) is 0.00826. The van der Waals surface area contributed by atoms with Crippen LogP contribution in [0.2, 0.25) is 5.02 Å². The lowest BCUT2D eigenvalue weighted by atomic mass is 10.1. The Kier molecular flexibility index (Phi) is 5.73. The molecule has 8 heteroatoms. The Bertz CT molecular complexity index is 1050. The molecule has 2 saturated heterocycles. The van der Waals surface area contributed by atoms with E-state index in [-0.39, 0.29) is 35.1 Å². The summed E-state index contributed by atoms with van der Waals surface area (Å²) in [7, 11) is -3.07. The molecule has 0 spiro atoms. The lowest BCUT2D eigenvalue weighted by Gasteiger charge is -2.24. The third kappa shape index (κ3) is 4.85. The Morgan fingerprint density at radius 1 is 1.10 bits per heavy atom. The summed E-state index contributed by atoms with van der Waals surface area (Å²) in [6.07, 6.45) is 0.229. The minimum absolute atomic E-state index is 0.0850. The molecule has 5 nitrogen and oxygen atoms in total. The molecule has 2 heterocycles. The molecule has 2 atom stereocenters. The zero-order valence-corrected chi connectivity index (χ0v) is 18.3. The van der Waals surface area contributed by atoms with Gasteiger partial charge in [0, 0.05) is 16.8 Å². The van der Waals surface area contributed by atoms with E-state index in [4.69, 9.17) is 11.6 Å². The molecule has 0 aliphatic carbocycles. The Labute approximate surface area is 180 Å². The number of hydrogen-bond donors (Lipinski definition) is 0. The minimum Gasteiger partial charge on any atom is -0.342 e. The van der Waals surface area contributed by atoms with Crippen LogP contribution >= 0.6 is 23.4 Å². The highest BCUT2D eigenvalue weighted by atomic mass is 35.5. The number of hydrogen-bond acceptors (Lipinski definition) is 4. The highest BCUT2D eigenvalue weighted by Gasteiger charge is 2.48. The first-order chi connectivity index (χ1) is 13.8. The first-order valence-electron chi connectivity index (χ1n) is 9.34. The number of aryl methyl sites for hydroxylation is 1. The van der Waals surface area contributed by atoms with Crippen molar-refractivity contribution in [3.63, 3.8) is 0 Å². The summed E-state index contributed by atoms with van der Waals surface area (Å²) in [5, 5.41) is 1.17. The van der Waals surface area contributed by atoms with Crippen LogP contribution in [0, 0.1) is 6.92 Å². The molecule has 2 fully saturated rings. The van der Waals surface area contributed by atoms with Gasteiger partial charge in [0.05, 0.1) is 24.0 Å². The van der Waals surface area contributed by atoms with Crippen LogP contribution in [0.4, 0.5) is 0 Å². The highest BCUT2D eigenvalue weighted by molar-refractivity contribution is 8.15. The van der Waals surface area contributed by atoms with Crippen LogP contribution in [0.1, 0.15) is 16.7 Å². The van der Waals surface area contributed by atoms with Crippen molar-refractivity contribution < 1.29 is 13.2 Å². The minimum atomic E-state index is -3.07. The van der Waals surface area contributed by atoms with Crippen molar-refractivity contribution in [1.29, 1.82) is 0 Å². The van der Waals surface area contributed by atoms with Gasteiger partial charge in [0.2, 0.25) is 0 Å². The molecule has 0 aromatic heterocycles. The van der Waals surface area contributed by atoms with Gasteiger partial charge in [-0.3, -0.25) is 4.79 Å². The van der Waals surface area contributed by atoms with Gasteiger partial charge >= 0.3 is 0 Å². The van der Waals surface area contributed by atoms with Gasteiger partial charge in [0.25, 0.3) is 5.91 Å². The van der Waals surface area contributed by atoms with Gasteiger partial charge < -0.3 is 4.90 Å². The summed E-state index contributed by atoms with van der Waals surface area (Å²) < 4.78 is 24.2. The maximum atomic E-state index is 12.6. The fourth-order valence-electron chi connectivity index (χ4n) is 3.63. The molecule has 2 aliphatic heterocycles. The fourth-order valence-corrected chi connectivity index (χ4v) is 7.73. The maximum absolute atomic E-state index is 12.6. The van der Waals surface area contributed by atoms with Crippen molar-refractivity contribution in [2.45, 2.75) is 31.2 Å². The normalized spacial score (nSPS) is 24.1. The van der Waals surface area contributed by atoms with E-state index in [0.717, 1.165) is 16.7 Å². The number of nitrogens with zero attached hydrogens (tertiary/aromatic N) is 2. The van der Waals surface area contributed by atoms with Gasteiger partial charge in [-0.05, 0) is 30.2 Å². The van der Waals surface area contributed by atoms with E-state index in [0.29, 0.717) is 16.7 Å². The fraction of sp³-hybridized carbons (Fsp3) is 0.333. The van der Waals surface area contributed by atoms with E-state index >= 15 is 0 Å². The third-order valence-electron chi connectivity index (χ3n) is 5.14. The monoisotopic (exact) mass is 448 g/mol. The summed E-state index contributed by atoms with van der Waals surface area (Å²) in [4.78, 5) is 18.9. The van der Waals surface area contributed by atoms with Crippen LogP contribution in [0.3, 0.4) is 0 Å². The van der Waals surface area contributed by atoms with E-state index in [2.05, 4.69) is 4.99 Å². The Hall–Kier alpha value is -1.83. The van der Waals surface area contributed by atoms with Gasteiger partial charge in [0.15, 0.2) is 15.0 Å². The van der Waals surface area contributed by atoms with Crippen LogP contribution in [-0.4, -0.2) is 47.2 Å². The molecule has 1 amide bonds. The average molecular weight is 449 g/mol. The Morgan fingerprint density at radius 2 is 1.76 bits per heavy atom. The Morgan fingerprint density at radius 3 is 2.45 bits per heavy atom. The molecule has 2 aromatic rings. The number of amidine groups is 1. The van der Waals surface area contributed by atoms with E-state index in [1.54, 1.807) is 0 Å². The number of fused-ring (bicyclic) bond motifs is 1. The number of aliphatic imine (C=N–C) groups is 1. The SMILES string of the molecule is Cc1ccc(CC(=O)N=C2S[C@H]3CS(=O)(=O)C[C@@H]3N2Cc2ccc(Cl)cc2)cc1. The van der Waals surface area contributed by atoms with E-state index in [9.17, 15) is 13.2 Å². The van der Waals surface area contributed by atoms with Crippen LogP contribution in [0.15, 0.2) is 53.5 Å². The smallest absolute Gasteiger partial charge is 0.252 e. The quantitative estimate of drug-likeness (QED) is 0.716. The third-order valence-corrected chi connectivity index (χ3v) is 8.64. The number of carbonyl (C=O) groups is 1. The number of halogens is 1. The molecule has 0 unspecified atom stereocenters. The van der Waals surface area contributed by atoms with Crippen molar-refractivity contribution in [2.24, 2.45) is 4.99 Å². The first kappa shape index (κ1) is 20.4. The maximum Gasteiger partial charge on any atom is 0.252 e. The molecule has 152 valence electrons. The number of amides is 1. The number of benzene rings is 2. The molecule has 29 heavy (non-hydrogen) atoms. The number of rotatable bonds is 4. The van der Waals surface area contributed by atoms with Crippen molar-refractivity contribution in [2.75, 3.05) is 11.5 Å². The summed E-state index contributed by atoms with van der Waals surface area (Å²) >= 11 is 7.38. The molecule has 4 rings (SSSR count). The van der Waals surface area contributed by atoms with Gasteiger partial charge in [0.1, 0.15) is 0 Å². The van der Waals surface area contributed by atoms with Gasteiger partial charge in [-0.25, -0.2) is 8.42 Å². The Balaban J connectivity index is 1.56. The second kappa shape index (κ2) is 8.13. The summed E-state index contributed by atoms with van der Waals surface area (Å²) in [6, 6.07) is 15.1. The topological polar surface area (TPSA) is 66.8 Å². The molecule has 0 radical (unpaired) electrons. The summed E-state index contributed by atoms with van der Waals surface area (Å²) in [5.41, 5.74) is 3.06. The van der Waals surface area contributed by atoms with Crippen molar-refractivity contribution in [3.05, 3.63) is 70.2 Å². The van der Waals surface area contributed by atoms with Crippen molar-refractivity contribution in [1.82, 2.24) is 4.90 Å². The highest BCUT2D eigenvalue weighted by Crippen LogP contribution is 2.39. The number of carbonyl (C=O) groups excluding carboxylic acids is 1. The van der Waals surface area contributed by atoms with Crippen molar-refractivity contribution >= 4 is 44.3 Å². The lowest BCUT2D eigenvalue weighted by molar-refractivity contribution is -0.117. The van der Waals surface area contributed by atoms with Crippen molar-refractivity contribution in [3.8, 4) is 0 Å². The second-order valence-electron chi connectivity index (χ2n) is 7.51. The molecule has 0 bridgehead atoms. The largest absolute Gasteiger partial charge is 0.342 e. The zero-order valence-electron chi connectivity index (χ0n) is 15.9. The predicted molar refractivity (Wildman–Crippen MR) is 118 cm³/mol. The predicted octanol–water partition coefficient (Wildman–Crippen LogP) is 3.49. The van der Waals surface area contributed by atoms with Crippen LogP contribution < -0.4 is 0 Å². The number of thioether (sulfide) groups is 1. The number of sulfone groups is 1. The molecule has 2 aliphatic rings. The zero-order chi connectivity index (χ0) is 20.6. The second-order valence-corrected chi connectivity index (χ2v) is 11.3. The average Bonchev–Trinajstić information content (AvgIpc) is 3.11. The lowest BCUT2D eigenvalue weighted by Crippen LogP contribution is -2.37. The van der Waals surface area contributed by atoms with E-state index in [1.165, 1.54) is 11.8 Å². The molecular weight excluding hydrogens is 428 g/mol. The van der Waals surface area contributed by atoms with E-state index < -0.39 is 9.84 Å². The standard InChI is InChI=1S/C21H21ClN2O3S2/c1-14-2-4-15(5-3-14)10-20(25)23-21-24(11-16-6-8-17(22)9-7-16)18-12-29(26,27)13-19(18)28-21/h2-9,18-19H,10-13H2,1H3/t18-,19-/m0/s1. The molecule has 0 N–H and O–H groups in total. The van der Waals surface area contributed by atoms with Gasteiger partial charge in [-0.15, -0.1) is 0 Å². The van der Waals surface area contributed by atoms with E-state index in [1.807, 2.05) is 60.4 Å². The van der Waals surface area contributed by atoms with Crippen LogP contribution in [0.25, 0.3) is 0 Å². The van der Waals surface area contributed by atoms with Gasteiger partial charge in [-0.2, -0.15) is 4.99 Å². The molecule has 2 aromatic carbocycles. The van der Waals surface area contributed by atoms with Crippen LogP contribution in [-0.2, 0) is 27.6 Å². The molecular formula is C21H21ClN2O3S2. The summed E-state index contributed by atoms with van der Waals surface area (Å²) in [6.45, 7) is 2.50. The first-order valence-corrected chi connectivity index (χ1v) is 12.4. The molecule has 0 saturated carbocycles. The van der Waals surface area contributed by atoms with Crippen LogP contribution in [0.5, 0.6) is 0 Å².